The van der Waals surface area contributed by atoms with Crippen molar-refractivity contribution in [2.45, 2.75) is 6.54 Å². The number of aromatic hydroxyl groups is 1. The van der Waals surface area contributed by atoms with Crippen LogP contribution in [0.3, 0.4) is 0 Å². The van der Waals surface area contributed by atoms with Crippen LogP contribution < -0.4 is 10.1 Å². The van der Waals surface area contributed by atoms with E-state index in [1.165, 1.54) is 6.07 Å². The molecule has 0 bridgehead atoms. The molecule has 4 aromatic rings. The Labute approximate surface area is 179 Å². The number of hydrogen-bond acceptors (Lipinski definition) is 5. The zero-order valence-corrected chi connectivity index (χ0v) is 16.8. The van der Waals surface area contributed by atoms with Crippen molar-refractivity contribution in [3.63, 3.8) is 0 Å². The van der Waals surface area contributed by atoms with E-state index < -0.39 is 0 Å². The summed E-state index contributed by atoms with van der Waals surface area (Å²) in [4.78, 5) is 28.4. The Bertz CT molecular complexity index is 1270. The lowest BCUT2D eigenvalue weighted by Crippen LogP contribution is -2.23. The Morgan fingerprint density at radius 3 is 2.61 bits per heavy atom. The van der Waals surface area contributed by atoms with Gasteiger partial charge in [-0.3, -0.25) is 9.59 Å². The first-order valence-electron chi connectivity index (χ1n) is 9.68. The van der Waals surface area contributed by atoms with Gasteiger partial charge in [0.1, 0.15) is 17.2 Å². The van der Waals surface area contributed by atoms with Crippen LogP contribution in [0.5, 0.6) is 11.5 Å². The monoisotopic (exact) mass is 412 g/mol. The zero-order chi connectivity index (χ0) is 21.8. The summed E-state index contributed by atoms with van der Waals surface area (Å²) in [5, 5.41) is 14.2. The van der Waals surface area contributed by atoms with Gasteiger partial charge in [-0.15, -0.1) is 0 Å². The molecule has 0 saturated carbocycles. The van der Waals surface area contributed by atoms with Crippen LogP contribution >= 0.6 is 0 Å². The van der Waals surface area contributed by atoms with Crippen LogP contribution in [0.1, 0.15) is 26.4 Å². The maximum absolute atomic E-state index is 12.6. The molecule has 0 fully saturated rings. The number of aldehydes is 1. The first-order valence-corrected chi connectivity index (χ1v) is 9.68. The van der Waals surface area contributed by atoms with Crippen molar-refractivity contribution in [3.05, 3.63) is 89.6 Å². The van der Waals surface area contributed by atoms with Gasteiger partial charge >= 0.3 is 0 Å². The van der Waals surface area contributed by atoms with E-state index in [1.807, 2.05) is 42.5 Å². The van der Waals surface area contributed by atoms with Crippen LogP contribution in [0.25, 0.3) is 22.0 Å². The number of nitrogens with zero attached hydrogens (tertiary/aromatic N) is 1. The summed E-state index contributed by atoms with van der Waals surface area (Å²) in [6, 6.07) is 21.4. The topological polar surface area (TPSA) is 88.5 Å². The first-order chi connectivity index (χ1) is 15.1. The highest BCUT2D eigenvalue weighted by atomic mass is 16.5. The molecule has 154 valence electrons. The van der Waals surface area contributed by atoms with Gasteiger partial charge in [0.15, 0.2) is 6.29 Å². The molecule has 6 heteroatoms. The van der Waals surface area contributed by atoms with Crippen LogP contribution in [0.4, 0.5) is 0 Å². The van der Waals surface area contributed by atoms with E-state index in [9.17, 15) is 14.7 Å². The van der Waals surface area contributed by atoms with Crippen LogP contribution in [-0.2, 0) is 6.54 Å². The fourth-order valence-electron chi connectivity index (χ4n) is 3.36. The fraction of sp³-hybridized carbons (Fsp3) is 0.0800. The van der Waals surface area contributed by atoms with Gasteiger partial charge in [-0.25, -0.2) is 4.98 Å². The number of phenols is 1. The number of amides is 1. The maximum atomic E-state index is 12.6. The fourth-order valence-corrected chi connectivity index (χ4v) is 3.36. The molecule has 0 saturated heterocycles. The number of pyridine rings is 1. The van der Waals surface area contributed by atoms with Crippen molar-refractivity contribution in [1.82, 2.24) is 10.3 Å². The van der Waals surface area contributed by atoms with Gasteiger partial charge in [0.2, 0.25) is 0 Å². The molecule has 3 aromatic carbocycles. The van der Waals surface area contributed by atoms with Gasteiger partial charge in [0.05, 0.1) is 18.4 Å². The SMILES string of the molecule is COc1ccc(CNC(=O)c2cccc(-c3ccc4c(C=O)c(O)ccc4c3)n2)cc1. The van der Waals surface area contributed by atoms with Crippen LogP contribution in [-0.4, -0.2) is 29.4 Å². The minimum atomic E-state index is -0.272. The van der Waals surface area contributed by atoms with Crippen LogP contribution in [0.15, 0.2) is 72.8 Å². The maximum Gasteiger partial charge on any atom is 0.270 e. The van der Waals surface area contributed by atoms with Crippen molar-refractivity contribution >= 4 is 23.0 Å². The smallest absolute Gasteiger partial charge is 0.270 e. The van der Waals surface area contributed by atoms with Crippen molar-refractivity contribution < 1.29 is 19.4 Å². The number of hydrogen-bond donors (Lipinski definition) is 2. The van der Waals surface area contributed by atoms with Crippen molar-refractivity contribution in [2.75, 3.05) is 7.11 Å². The summed E-state index contributed by atoms with van der Waals surface area (Å²) in [7, 11) is 1.61. The highest BCUT2D eigenvalue weighted by Gasteiger charge is 2.11. The third kappa shape index (κ3) is 4.23. The van der Waals surface area contributed by atoms with Crippen molar-refractivity contribution in [3.8, 4) is 22.8 Å². The molecule has 1 heterocycles. The highest BCUT2D eigenvalue weighted by Crippen LogP contribution is 2.29. The summed E-state index contributed by atoms with van der Waals surface area (Å²) in [5.74, 6) is 0.436. The number of nitrogens with one attached hydrogen (secondary N) is 1. The number of fused-ring (bicyclic) bond motifs is 1. The standard InChI is InChI=1S/C25H20N2O4/c1-31-19-9-5-16(6-10-19)14-26-25(30)23-4-2-3-22(27-23)18-7-11-20-17(13-18)8-12-24(29)21(20)15-28/h2-13,15,29H,14H2,1H3,(H,26,30). The molecule has 2 N–H and O–H groups in total. The largest absolute Gasteiger partial charge is 0.507 e. The average Bonchev–Trinajstić information content (AvgIpc) is 2.82. The predicted molar refractivity (Wildman–Crippen MR) is 118 cm³/mol. The molecule has 4 rings (SSSR count). The van der Waals surface area contributed by atoms with Crippen molar-refractivity contribution in [2.24, 2.45) is 0 Å². The van der Waals surface area contributed by atoms with Gasteiger partial charge in [0.25, 0.3) is 5.91 Å². The number of carbonyl (C=O) groups is 2. The summed E-state index contributed by atoms with van der Waals surface area (Å²) in [6.07, 6.45) is 0.642. The average molecular weight is 412 g/mol. The Hall–Kier alpha value is -4.19. The molecule has 0 spiro atoms. The summed E-state index contributed by atoms with van der Waals surface area (Å²) >= 11 is 0. The van der Waals surface area contributed by atoms with E-state index >= 15 is 0 Å². The molecule has 1 aromatic heterocycles. The Morgan fingerprint density at radius 1 is 1.06 bits per heavy atom. The molecule has 0 aliphatic heterocycles. The minimum Gasteiger partial charge on any atom is -0.507 e. The second-order valence-electron chi connectivity index (χ2n) is 6.99. The highest BCUT2D eigenvalue weighted by molar-refractivity contribution is 6.02. The third-order valence-electron chi connectivity index (χ3n) is 5.05. The molecule has 1 amide bonds. The number of carbonyl (C=O) groups excluding carboxylic acids is 2. The van der Waals surface area contributed by atoms with E-state index in [4.69, 9.17) is 4.74 Å². The van der Waals surface area contributed by atoms with E-state index in [0.29, 0.717) is 29.6 Å². The normalized spacial score (nSPS) is 10.6. The third-order valence-corrected chi connectivity index (χ3v) is 5.05. The van der Waals surface area contributed by atoms with E-state index in [2.05, 4.69) is 10.3 Å². The molecule has 31 heavy (non-hydrogen) atoms. The second-order valence-corrected chi connectivity index (χ2v) is 6.99. The molecule has 0 atom stereocenters. The number of phenolic OH excluding ortho intramolecular Hbond substituents is 1. The quantitative estimate of drug-likeness (QED) is 0.460. The minimum absolute atomic E-state index is 0.0519. The molecule has 0 aliphatic rings. The van der Waals surface area contributed by atoms with Crippen molar-refractivity contribution in [1.29, 1.82) is 0 Å². The summed E-state index contributed by atoms with van der Waals surface area (Å²) in [5.41, 5.74) is 2.96. The van der Waals surface area contributed by atoms with Gasteiger partial charge in [-0.2, -0.15) is 0 Å². The van der Waals surface area contributed by atoms with E-state index in [0.717, 1.165) is 22.3 Å². The summed E-state index contributed by atoms with van der Waals surface area (Å²) < 4.78 is 5.14. The molecular formula is C25H20N2O4. The van der Waals surface area contributed by atoms with Crippen LogP contribution in [0, 0.1) is 0 Å². The number of aromatic nitrogens is 1. The lowest BCUT2D eigenvalue weighted by Gasteiger charge is -2.09. The van der Waals surface area contributed by atoms with Crippen LogP contribution in [0.2, 0.25) is 0 Å². The number of methoxy groups -OCH3 is 1. The van der Waals surface area contributed by atoms with E-state index in [-0.39, 0.29) is 17.2 Å². The molecule has 6 nitrogen and oxygen atoms in total. The van der Waals surface area contributed by atoms with Gasteiger partial charge in [0, 0.05) is 12.1 Å². The molecule has 0 aliphatic carbocycles. The van der Waals surface area contributed by atoms with Gasteiger partial charge in [-0.05, 0) is 52.7 Å². The summed E-state index contributed by atoms with van der Waals surface area (Å²) in [6.45, 7) is 0.378. The Morgan fingerprint density at radius 2 is 1.87 bits per heavy atom. The first kappa shape index (κ1) is 20.1. The lowest BCUT2D eigenvalue weighted by molar-refractivity contribution is 0.0945. The molecule has 0 radical (unpaired) electrons. The zero-order valence-electron chi connectivity index (χ0n) is 16.8. The predicted octanol–water partition coefficient (Wildman–Crippen LogP) is 4.36. The molecule has 0 unspecified atom stereocenters. The molecular weight excluding hydrogens is 392 g/mol. The van der Waals surface area contributed by atoms with E-state index in [1.54, 1.807) is 31.4 Å². The van der Waals surface area contributed by atoms with Gasteiger partial charge in [-0.1, -0.05) is 36.4 Å². The number of ether oxygens (including phenoxy) is 1. The number of rotatable bonds is 6. The lowest BCUT2D eigenvalue weighted by atomic mass is 10.0. The number of benzene rings is 3. The Kier molecular flexibility index (Phi) is 5.62. The Balaban J connectivity index is 1.55. The second kappa shape index (κ2) is 8.67. The van der Waals surface area contributed by atoms with Gasteiger partial charge < -0.3 is 15.2 Å².